The Bertz CT molecular complexity index is 506. The smallest absolute Gasteiger partial charge is 0.0670 e. The van der Waals surface area contributed by atoms with E-state index < -0.39 is 0 Å². The van der Waals surface area contributed by atoms with E-state index in [0.29, 0.717) is 6.42 Å². The quantitative estimate of drug-likeness (QED) is 0.662. The first-order chi connectivity index (χ1) is 6.83. The van der Waals surface area contributed by atoms with Gasteiger partial charge in [0.15, 0.2) is 0 Å². The van der Waals surface area contributed by atoms with E-state index in [1.165, 1.54) is 16.3 Å². The molecule has 1 nitrogen and oxygen atoms in total. The molecule has 2 rings (SSSR count). The number of fused-ring (bicyclic) bond motifs is 1. The monoisotopic (exact) mass is 181 g/mol. The molecule has 0 aromatic heterocycles. The second kappa shape index (κ2) is 3.51. The molecule has 0 atom stereocenters. The normalized spacial score (nSPS) is 10.0. The van der Waals surface area contributed by atoms with Gasteiger partial charge in [-0.05, 0) is 28.8 Å². The van der Waals surface area contributed by atoms with Crippen molar-refractivity contribution in [1.82, 2.24) is 0 Å². The van der Waals surface area contributed by atoms with Gasteiger partial charge in [-0.2, -0.15) is 5.26 Å². The Labute approximate surface area is 83.6 Å². The fourth-order valence-corrected chi connectivity index (χ4v) is 1.76. The summed E-state index contributed by atoms with van der Waals surface area (Å²) < 4.78 is 0. The van der Waals surface area contributed by atoms with Gasteiger partial charge in [0.1, 0.15) is 0 Å². The maximum Gasteiger partial charge on any atom is 0.0670 e. The summed E-state index contributed by atoms with van der Waals surface area (Å²) in [6, 6.07) is 14.6. The lowest BCUT2D eigenvalue weighted by atomic mass is 9.98. The zero-order chi connectivity index (χ0) is 9.97. The van der Waals surface area contributed by atoms with Gasteiger partial charge >= 0.3 is 0 Å². The number of benzene rings is 2. The molecule has 0 aliphatic rings. The number of nitrogens with zero attached hydrogens (tertiary/aromatic N) is 1. The molecular weight excluding hydrogens is 170 g/mol. The van der Waals surface area contributed by atoms with Crippen LogP contribution < -0.4 is 0 Å². The molecule has 0 amide bonds. The van der Waals surface area contributed by atoms with Crippen molar-refractivity contribution in [2.45, 2.75) is 13.3 Å². The molecule has 0 heterocycles. The molecule has 0 saturated heterocycles. The predicted molar refractivity (Wildman–Crippen MR) is 58.0 cm³/mol. The molecule has 14 heavy (non-hydrogen) atoms. The summed E-state index contributed by atoms with van der Waals surface area (Å²) in [7, 11) is 0. The van der Waals surface area contributed by atoms with Crippen molar-refractivity contribution < 1.29 is 0 Å². The van der Waals surface area contributed by atoms with E-state index >= 15 is 0 Å². The average Bonchev–Trinajstić information content (AvgIpc) is 2.23. The van der Waals surface area contributed by atoms with Crippen LogP contribution in [0.2, 0.25) is 0 Å². The zero-order valence-electron chi connectivity index (χ0n) is 8.12. The van der Waals surface area contributed by atoms with Gasteiger partial charge in [-0.25, -0.2) is 0 Å². The minimum Gasteiger partial charge on any atom is -0.198 e. The van der Waals surface area contributed by atoms with Gasteiger partial charge in [0.25, 0.3) is 0 Å². The Hall–Kier alpha value is -1.81. The highest BCUT2D eigenvalue weighted by atomic mass is 14.2. The summed E-state index contributed by atoms with van der Waals surface area (Å²) in [5.41, 5.74) is 2.36. The Morgan fingerprint density at radius 3 is 2.71 bits per heavy atom. The van der Waals surface area contributed by atoms with Crippen LogP contribution in [0.25, 0.3) is 10.8 Å². The van der Waals surface area contributed by atoms with Gasteiger partial charge < -0.3 is 0 Å². The SMILES string of the molecule is Cc1ccc2ccccc2c1CC#N. The Morgan fingerprint density at radius 1 is 1.14 bits per heavy atom. The third-order valence-electron chi connectivity index (χ3n) is 2.53. The Balaban J connectivity index is 2.77. The highest BCUT2D eigenvalue weighted by Crippen LogP contribution is 2.22. The second-order valence-electron chi connectivity index (χ2n) is 3.42. The highest BCUT2D eigenvalue weighted by Gasteiger charge is 2.02. The number of nitriles is 1. The molecule has 1 heteroatoms. The largest absolute Gasteiger partial charge is 0.198 e. The molecule has 0 unspecified atom stereocenters. The molecule has 0 saturated carbocycles. The molecule has 0 aliphatic heterocycles. The Kier molecular flexibility index (Phi) is 2.20. The van der Waals surface area contributed by atoms with Crippen LogP contribution in [-0.2, 0) is 6.42 Å². The van der Waals surface area contributed by atoms with Crippen LogP contribution in [0.15, 0.2) is 36.4 Å². The van der Waals surface area contributed by atoms with Crippen LogP contribution >= 0.6 is 0 Å². The first-order valence-electron chi connectivity index (χ1n) is 4.67. The summed E-state index contributed by atoms with van der Waals surface area (Å²) in [5, 5.41) is 11.2. The third-order valence-corrected chi connectivity index (χ3v) is 2.53. The predicted octanol–water partition coefficient (Wildman–Crippen LogP) is 3.21. The third kappa shape index (κ3) is 1.36. The highest BCUT2D eigenvalue weighted by molar-refractivity contribution is 5.86. The average molecular weight is 181 g/mol. The lowest BCUT2D eigenvalue weighted by Crippen LogP contribution is -1.89. The van der Waals surface area contributed by atoms with E-state index in [2.05, 4.69) is 37.3 Å². The van der Waals surface area contributed by atoms with Gasteiger partial charge in [-0.1, -0.05) is 36.4 Å². The first kappa shape index (κ1) is 8.77. The van der Waals surface area contributed by atoms with Crippen molar-refractivity contribution in [1.29, 1.82) is 5.26 Å². The van der Waals surface area contributed by atoms with E-state index in [-0.39, 0.29) is 0 Å². The van der Waals surface area contributed by atoms with Crippen LogP contribution in [0.3, 0.4) is 0 Å². The minimum absolute atomic E-state index is 0.493. The molecule has 2 aromatic rings. The number of hydrogen-bond acceptors (Lipinski definition) is 1. The summed E-state index contributed by atoms with van der Waals surface area (Å²) in [6.45, 7) is 2.05. The van der Waals surface area contributed by atoms with Gasteiger partial charge in [-0.3, -0.25) is 0 Å². The van der Waals surface area contributed by atoms with E-state index in [9.17, 15) is 0 Å². The standard InChI is InChI=1S/C13H11N/c1-10-6-7-11-4-2-3-5-13(11)12(10)8-9-14/h2-7H,8H2,1H3. The van der Waals surface area contributed by atoms with Crippen molar-refractivity contribution in [3.05, 3.63) is 47.5 Å². The number of aryl methyl sites for hydroxylation is 1. The fraction of sp³-hybridized carbons (Fsp3) is 0.154. The molecular formula is C13H11N. The van der Waals surface area contributed by atoms with Crippen LogP contribution in [-0.4, -0.2) is 0 Å². The van der Waals surface area contributed by atoms with Gasteiger partial charge in [0.2, 0.25) is 0 Å². The number of hydrogen-bond donors (Lipinski definition) is 0. The van der Waals surface area contributed by atoms with Crippen molar-refractivity contribution >= 4 is 10.8 Å². The molecule has 0 fully saturated rings. The van der Waals surface area contributed by atoms with Crippen LogP contribution in [0.1, 0.15) is 11.1 Å². The molecule has 2 aromatic carbocycles. The lowest BCUT2D eigenvalue weighted by molar-refractivity contribution is 1.24. The van der Waals surface area contributed by atoms with E-state index in [1.807, 2.05) is 12.1 Å². The summed E-state index contributed by atoms with van der Waals surface area (Å²) in [4.78, 5) is 0. The first-order valence-corrected chi connectivity index (χ1v) is 4.67. The van der Waals surface area contributed by atoms with Crippen molar-refractivity contribution in [3.8, 4) is 6.07 Å². The number of rotatable bonds is 1. The molecule has 0 radical (unpaired) electrons. The van der Waals surface area contributed by atoms with E-state index in [1.54, 1.807) is 0 Å². The second-order valence-corrected chi connectivity index (χ2v) is 3.42. The van der Waals surface area contributed by atoms with Crippen LogP contribution in [0, 0.1) is 18.3 Å². The van der Waals surface area contributed by atoms with Crippen LogP contribution in [0.4, 0.5) is 0 Å². The van der Waals surface area contributed by atoms with Gasteiger partial charge in [0.05, 0.1) is 12.5 Å². The lowest BCUT2D eigenvalue weighted by Gasteiger charge is -2.06. The fourth-order valence-electron chi connectivity index (χ4n) is 1.76. The minimum atomic E-state index is 0.493. The van der Waals surface area contributed by atoms with Crippen LogP contribution in [0.5, 0.6) is 0 Å². The van der Waals surface area contributed by atoms with E-state index in [4.69, 9.17) is 5.26 Å². The maximum atomic E-state index is 8.75. The topological polar surface area (TPSA) is 23.8 Å². The van der Waals surface area contributed by atoms with Gasteiger partial charge in [0, 0.05) is 0 Å². The van der Waals surface area contributed by atoms with E-state index in [0.717, 1.165) is 5.56 Å². The molecule has 0 aliphatic carbocycles. The van der Waals surface area contributed by atoms with Crippen molar-refractivity contribution in [3.63, 3.8) is 0 Å². The molecule has 0 N–H and O–H groups in total. The maximum absolute atomic E-state index is 8.75. The molecule has 0 spiro atoms. The summed E-state index contributed by atoms with van der Waals surface area (Å²) in [6.07, 6.45) is 0.493. The molecule has 0 bridgehead atoms. The summed E-state index contributed by atoms with van der Waals surface area (Å²) in [5.74, 6) is 0. The van der Waals surface area contributed by atoms with Gasteiger partial charge in [-0.15, -0.1) is 0 Å². The van der Waals surface area contributed by atoms with Crippen molar-refractivity contribution in [2.75, 3.05) is 0 Å². The zero-order valence-corrected chi connectivity index (χ0v) is 8.12. The summed E-state index contributed by atoms with van der Waals surface area (Å²) >= 11 is 0. The Morgan fingerprint density at radius 2 is 1.93 bits per heavy atom. The molecule has 68 valence electrons. The van der Waals surface area contributed by atoms with Crippen molar-refractivity contribution in [2.24, 2.45) is 0 Å².